The van der Waals surface area contributed by atoms with Crippen LogP contribution >= 0.6 is 0 Å². The third kappa shape index (κ3) is 4.25. The molecule has 0 aromatic heterocycles. The number of piperazine rings is 1. The predicted molar refractivity (Wildman–Crippen MR) is 73.3 cm³/mol. The Morgan fingerprint density at radius 2 is 2.00 bits per heavy atom. The second-order valence-electron chi connectivity index (χ2n) is 5.30. The van der Waals surface area contributed by atoms with Crippen molar-refractivity contribution in [3.05, 3.63) is 35.4 Å². The topological polar surface area (TPSA) is 15.3 Å². The molecule has 0 saturated carbocycles. The molecule has 1 atom stereocenters. The van der Waals surface area contributed by atoms with E-state index in [9.17, 15) is 8.78 Å². The van der Waals surface area contributed by atoms with E-state index in [0.717, 1.165) is 45.6 Å². The lowest BCUT2D eigenvalue weighted by Gasteiger charge is -2.27. The largest absolute Gasteiger partial charge is 0.314 e. The SMILES string of the molecule is CC(CCCN1CCNCC1)c1cc(F)ccc1F. The maximum absolute atomic E-state index is 13.6. The molecule has 2 rings (SSSR count). The van der Waals surface area contributed by atoms with E-state index in [0.29, 0.717) is 5.56 Å². The maximum Gasteiger partial charge on any atom is 0.126 e. The summed E-state index contributed by atoms with van der Waals surface area (Å²) in [5.74, 6) is -0.583. The van der Waals surface area contributed by atoms with E-state index < -0.39 is 0 Å². The van der Waals surface area contributed by atoms with Crippen molar-refractivity contribution in [1.82, 2.24) is 10.2 Å². The number of nitrogens with one attached hydrogen (secondary N) is 1. The zero-order valence-electron chi connectivity index (χ0n) is 11.5. The normalized spacial score (nSPS) is 18.5. The van der Waals surface area contributed by atoms with Gasteiger partial charge < -0.3 is 10.2 Å². The minimum absolute atomic E-state index is 0.0682. The summed E-state index contributed by atoms with van der Waals surface area (Å²) in [6.07, 6.45) is 1.92. The van der Waals surface area contributed by atoms with Crippen LogP contribution in [-0.4, -0.2) is 37.6 Å². The Morgan fingerprint density at radius 3 is 2.74 bits per heavy atom. The summed E-state index contributed by atoms with van der Waals surface area (Å²) in [5.41, 5.74) is 0.500. The van der Waals surface area contributed by atoms with Gasteiger partial charge in [-0.3, -0.25) is 0 Å². The van der Waals surface area contributed by atoms with Crippen LogP contribution in [-0.2, 0) is 0 Å². The van der Waals surface area contributed by atoms with E-state index in [1.165, 1.54) is 18.2 Å². The highest BCUT2D eigenvalue weighted by molar-refractivity contribution is 5.22. The summed E-state index contributed by atoms with van der Waals surface area (Å²) in [5, 5.41) is 3.32. The Balaban J connectivity index is 1.80. The van der Waals surface area contributed by atoms with Crippen LogP contribution < -0.4 is 5.32 Å². The summed E-state index contributed by atoms with van der Waals surface area (Å²) in [4.78, 5) is 2.42. The Bertz CT molecular complexity index is 403. The molecule has 1 saturated heterocycles. The third-order valence-corrected chi connectivity index (χ3v) is 3.81. The average Bonchev–Trinajstić information content (AvgIpc) is 2.42. The van der Waals surface area contributed by atoms with Crippen molar-refractivity contribution >= 4 is 0 Å². The number of halogens is 2. The van der Waals surface area contributed by atoms with Crippen molar-refractivity contribution < 1.29 is 8.78 Å². The number of hydrogen-bond acceptors (Lipinski definition) is 2. The molecule has 1 unspecified atom stereocenters. The smallest absolute Gasteiger partial charge is 0.126 e. The fourth-order valence-electron chi connectivity index (χ4n) is 2.60. The van der Waals surface area contributed by atoms with Gasteiger partial charge in [0.15, 0.2) is 0 Å². The van der Waals surface area contributed by atoms with Crippen molar-refractivity contribution in [2.24, 2.45) is 0 Å². The van der Waals surface area contributed by atoms with Crippen molar-refractivity contribution in [3.8, 4) is 0 Å². The molecule has 0 amide bonds. The Labute approximate surface area is 113 Å². The Morgan fingerprint density at radius 1 is 1.26 bits per heavy atom. The fraction of sp³-hybridized carbons (Fsp3) is 0.600. The minimum atomic E-state index is -0.356. The standard InChI is InChI=1S/C15H22F2N2/c1-12(14-11-13(16)4-5-15(14)17)3-2-8-19-9-6-18-7-10-19/h4-5,11-12,18H,2-3,6-10H2,1H3. The molecule has 1 aromatic carbocycles. The Kier molecular flexibility index (Phi) is 5.28. The van der Waals surface area contributed by atoms with Crippen LogP contribution in [0.3, 0.4) is 0 Å². The number of nitrogens with zero attached hydrogens (tertiary/aromatic N) is 1. The highest BCUT2D eigenvalue weighted by Crippen LogP contribution is 2.24. The first kappa shape index (κ1) is 14.4. The number of hydrogen-bond donors (Lipinski definition) is 1. The number of benzene rings is 1. The highest BCUT2D eigenvalue weighted by atomic mass is 19.1. The lowest BCUT2D eigenvalue weighted by Crippen LogP contribution is -2.43. The van der Waals surface area contributed by atoms with Gasteiger partial charge in [-0.15, -0.1) is 0 Å². The van der Waals surface area contributed by atoms with Gasteiger partial charge in [-0.1, -0.05) is 6.92 Å². The van der Waals surface area contributed by atoms with E-state index in [-0.39, 0.29) is 17.6 Å². The monoisotopic (exact) mass is 268 g/mol. The van der Waals surface area contributed by atoms with E-state index in [1.54, 1.807) is 0 Å². The van der Waals surface area contributed by atoms with Gasteiger partial charge in [0.05, 0.1) is 0 Å². The van der Waals surface area contributed by atoms with Gasteiger partial charge in [-0.2, -0.15) is 0 Å². The summed E-state index contributed by atoms with van der Waals surface area (Å²) < 4.78 is 26.8. The van der Waals surface area contributed by atoms with Crippen LogP contribution in [0.4, 0.5) is 8.78 Å². The molecular formula is C15H22F2N2. The lowest BCUT2D eigenvalue weighted by atomic mass is 9.95. The Hall–Kier alpha value is -1.00. The molecular weight excluding hydrogens is 246 g/mol. The van der Waals surface area contributed by atoms with Crippen LogP contribution in [0.15, 0.2) is 18.2 Å². The lowest BCUT2D eigenvalue weighted by molar-refractivity contribution is 0.235. The van der Waals surface area contributed by atoms with Crippen LogP contribution in [0.1, 0.15) is 31.2 Å². The van der Waals surface area contributed by atoms with Crippen LogP contribution in [0, 0.1) is 11.6 Å². The molecule has 0 aliphatic carbocycles. The minimum Gasteiger partial charge on any atom is -0.314 e. The van der Waals surface area contributed by atoms with Gasteiger partial charge >= 0.3 is 0 Å². The van der Waals surface area contributed by atoms with Gasteiger partial charge in [0, 0.05) is 26.2 Å². The molecule has 1 N–H and O–H groups in total. The first-order valence-electron chi connectivity index (χ1n) is 7.05. The zero-order valence-corrected chi connectivity index (χ0v) is 11.5. The molecule has 0 radical (unpaired) electrons. The van der Waals surface area contributed by atoms with Crippen LogP contribution in [0.2, 0.25) is 0 Å². The van der Waals surface area contributed by atoms with Crippen molar-refractivity contribution in [2.75, 3.05) is 32.7 Å². The van der Waals surface area contributed by atoms with Crippen LogP contribution in [0.5, 0.6) is 0 Å². The van der Waals surface area contributed by atoms with E-state index >= 15 is 0 Å². The fourth-order valence-corrected chi connectivity index (χ4v) is 2.60. The van der Waals surface area contributed by atoms with Gasteiger partial charge in [-0.25, -0.2) is 8.78 Å². The summed E-state index contributed by atoms with van der Waals surface area (Å²) in [6.45, 7) is 7.28. The van der Waals surface area contributed by atoms with Crippen molar-refractivity contribution in [1.29, 1.82) is 0 Å². The second-order valence-corrected chi connectivity index (χ2v) is 5.30. The summed E-state index contributed by atoms with van der Waals surface area (Å²) in [7, 11) is 0. The molecule has 1 aliphatic rings. The molecule has 19 heavy (non-hydrogen) atoms. The molecule has 4 heteroatoms. The first-order chi connectivity index (χ1) is 9.16. The summed E-state index contributed by atoms with van der Waals surface area (Å²) >= 11 is 0. The molecule has 2 nitrogen and oxygen atoms in total. The highest BCUT2D eigenvalue weighted by Gasteiger charge is 2.13. The average molecular weight is 268 g/mol. The van der Waals surface area contributed by atoms with Gasteiger partial charge in [0.2, 0.25) is 0 Å². The van der Waals surface area contributed by atoms with E-state index in [4.69, 9.17) is 0 Å². The van der Waals surface area contributed by atoms with Gasteiger partial charge in [0.1, 0.15) is 11.6 Å². The van der Waals surface area contributed by atoms with E-state index in [1.807, 2.05) is 6.92 Å². The molecule has 0 bridgehead atoms. The molecule has 1 aromatic rings. The molecule has 1 fully saturated rings. The second kappa shape index (κ2) is 6.96. The first-order valence-corrected chi connectivity index (χ1v) is 7.05. The molecule has 0 spiro atoms. The number of rotatable bonds is 5. The van der Waals surface area contributed by atoms with Gasteiger partial charge in [0.25, 0.3) is 0 Å². The predicted octanol–water partition coefficient (Wildman–Crippen LogP) is 2.75. The quantitative estimate of drug-likeness (QED) is 0.883. The van der Waals surface area contributed by atoms with Gasteiger partial charge in [-0.05, 0) is 49.1 Å². The van der Waals surface area contributed by atoms with E-state index in [2.05, 4.69) is 10.2 Å². The zero-order chi connectivity index (χ0) is 13.7. The van der Waals surface area contributed by atoms with Crippen molar-refractivity contribution in [3.63, 3.8) is 0 Å². The molecule has 1 heterocycles. The van der Waals surface area contributed by atoms with Crippen LogP contribution in [0.25, 0.3) is 0 Å². The van der Waals surface area contributed by atoms with Crippen molar-refractivity contribution in [2.45, 2.75) is 25.7 Å². The molecule has 106 valence electrons. The third-order valence-electron chi connectivity index (χ3n) is 3.81. The molecule has 1 aliphatic heterocycles. The summed E-state index contributed by atoms with van der Waals surface area (Å²) in [6, 6.07) is 3.72. The maximum atomic E-state index is 13.6.